The van der Waals surface area contributed by atoms with Crippen LogP contribution in [0.1, 0.15) is 36.6 Å². The van der Waals surface area contributed by atoms with Crippen molar-refractivity contribution < 1.29 is 19.5 Å². The summed E-state index contributed by atoms with van der Waals surface area (Å²) in [7, 11) is 0. The number of hydrogen-bond donors (Lipinski definition) is 1. The fourth-order valence-corrected chi connectivity index (χ4v) is 2.42. The van der Waals surface area contributed by atoms with Gasteiger partial charge in [0.2, 0.25) is 0 Å². The Morgan fingerprint density at radius 2 is 1.57 bits per heavy atom. The first-order valence-corrected chi connectivity index (χ1v) is 6.36. The maximum atomic E-state index is 12.5. The molecule has 0 saturated heterocycles. The number of benzene rings is 2. The number of imide groups is 1. The van der Waals surface area contributed by atoms with Gasteiger partial charge in [-0.2, -0.15) is 0 Å². The molecule has 2 amide bonds. The van der Waals surface area contributed by atoms with Gasteiger partial charge >= 0.3 is 5.97 Å². The Morgan fingerprint density at radius 1 is 0.952 bits per heavy atom. The Morgan fingerprint density at radius 3 is 2.24 bits per heavy atom. The number of rotatable bonds is 2. The molecule has 0 bridgehead atoms. The molecule has 0 aliphatic carbocycles. The number of carboxylic acids is 1. The van der Waals surface area contributed by atoms with Crippen LogP contribution in [0.2, 0.25) is 0 Å². The van der Waals surface area contributed by atoms with E-state index in [4.69, 9.17) is 5.11 Å². The van der Waals surface area contributed by atoms with E-state index in [1.807, 2.05) is 0 Å². The first-order valence-electron chi connectivity index (χ1n) is 6.36. The average molecular weight is 281 g/mol. The van der Waals surface area contributed by atoms with Crippen LogP contribution in [0.3, 0.4) is 0 Å². The normalized spacial score (nSPS) is 13.1. The summed E-state index contributed by atoms with van der Waals surface area (Å²) >= 11 is 0. The Balaban J connectivity index is 1.99. The molecule has 104 valence electrons. The van der Waals surface area contributed by atoms with Crippen LogP contribution in [0.5, 0.6) is 0 Å². The van der Waals surface area contributed by atoms with Crippen molar-refractivity contribution in [1.82, 2.24) is 4.90 Å². The fourth-order valence-electron chi connectivity index (χ4n) is 2.42. The molecule has 1 aliphatic heterocycles. The van der Waals surface area contributed by atoms with Crippen molar-refractivity contribution in [2.45, 2.75) is 6.54 Å². The summed E-state index contributed by atoms with van der Waals surface area (Å²) in [5, 5.41) is 9.14. The van der Waals surface area contributed by atoms with E-state index in [9.17, 15) is 14.4 Å². The lowest BCUT2D eigenvalue weighted by Gasteiger charge is -2.15. The molecule has 1 N–H and O–H groups in total. The van der Waals surface area contributed by atoms with Crippen LogP contribution in [0, 0.1) is 0 Å². The number of carbonyl (C=O) groups excluding carboxylic acids is 2. The first-order chi connectivity index (χ1) is 10.1. The molecule has 0 unspecified atom stereocenters. The highest BCUT2D eigenvalue weighted by molar-refractivity contribution is 6.15. The minimum Gasteiger partial charge on any atom is -0.478 e. The van der Waals surface area contributed by atoms with Gasteiger partial charge in [0.1, 0.15) is 0 Å². The van der Waals surface area contributed by atoms with Crippen molar-refractivity contribution in [3.8, 4) is 0 Å². The van der Waals surface area contributed by atoms with E-state index >= 15 is 0 Å². The number of carboxylic acid groups (broad SMARTS) is 1. The molecule has 0 fully saturated rings. The molecule has 21 heavy (non-hydrogen) atoms. The highest BCUT2D eigenvalue weighted by atomic mass is 16.4. The van der Waals surface area contributed by atoms with E-state index in [1.54, 1.807) is 36.4 Å². The van der Waals surface area contributed by atoms with Gasteiger partial charge in [0.15, 0.2) is 0 Å². The molecule has 0 spiro atoms. The second-order valence-electron chi connectivity index (χ2n) is 4.70. The third-order valence-corrected chi connectivity index (χ3v) is 3.45. The van der Waals surface area contributed by atoms with E-state index in [1.165, 1.54) is 12.1 Å². The number of amides is 2. The number of hydrogen-bond acceptors (Lipinski definition) is 3. The molecule has 5 nitrogen and oxygen atoms in total. The fraction of sp³-hybridized carbons (Fsp3) is 0.0625. The van der Waals surface area contributed by atoms with Crippen molar-refractivity contribution in [2.75, 3.05) is 0 Å². The smallest absolute Gasteiger partial charge is 0.336 e. The van der Waals surface area contributed by atoms with Crippen LogP contribution in [-0.4, -0.2) is 27.8 Å². The second kappa shape index (κ2) is 4.86. The van der Waals surface area contributed by atoms with E-state index < -0.39 is 17.8 Å². The summed E-state index contributed by atoms with van der Waals surface area (Å²) < 4.78 is 0. The van der Waals surface area contributed by atoms with Crippen LogP contribution in [-0.2, 0) is 6.54 Å². The molecule has 1 heterocycles. The summed E-state index contributed by atoms with van der Waals surface area (Å²) in [4.78, 5) is 37.0. The average Bonchev–Trinajstić information content (AvgIpc) is 2.84. The van der Waals surface area contributed by atoms with Crippen molar-refractivity contribution in [1.29, 1.82) is 0 Å². The molecule has 1 aliphatic rings. The monoisotopic (exact) mass is 281 g/mol. The maximum Gasteiger partial charge on any atom is 0.336 e. The van der Waals surface area contributed by atoms with Crippen molar-refractivity contribution >= 4 is 17.8 Å². The largest absolute Gasteiger partial charge is 0.478 e. The van der Waals surface area contributed by atoms with Crippen LogP contribution < -0.4 is 0 Å². The number of aromatic carboxylic acids is 1. The van der Waals surface area contributed by atoms with Crippen LogP contribution in [0.25, 0.3) is 0 Å². The van der Waals surface area contributed by atoms with Gasteiger partial charge in [-0.25, -0.2) is 4.79 Å². The van der Waals surface area contributed by atoms with E-state index in [-0.39, 0.29) is 17.7 Å². The molecule has 2 aromatic rings. The zero-order chi connectivity index (χ0) is 15.0. The molecule has 2 aromatic carbocycles. The zero-order valence-electron chi connectivity index (χ0n) is 10.9. The predicted octanol–water partition coefficient (Wildman–Crippen LogP) is 2.18. The van der Waals surface area contributed by atoms with Gasteiger partial charge in [-0.05, 0) is 23.8 Å². The lowest BCUT2D eigenvalue weighted by molar-refractivity contribution is 0.0613. The van der Waals surface area contributed by atoms with Crippen LogP contribution >= 0.6 is 0 Å². The second-order valence-corrected chi connectivity index (χ2v) is 4.70. The Kier molecular flexibility index (Phi) is 3.02. The number of carbonyl (C=O) groups is 3. The van der Waals surface area contributed by atoms with Gasteiger partial charge < -0.3 is 5.11 Å². The van der Waals surface area contributed by atoms with E-state index in [0.717, 1.165) is 10.5 Å². The molecular weight excluding hydrogens is 270 g/mol. The van der Waals surface area contributed by atoms with Crippen molar-refractivity contribution in [3.05, 3.63) is 70.8 Å². The highest BCUT2D eigenvalue weighted by Gasteiger charge is 2.33. The topological polar surface area (TPSA) is 74.7 Å². The maximum absolute atomic E-state index is 12.5. The van der Waals surface area contributed by atoms with Gasteiger partial charge in [0.25, 0.3) is 11.8 Å². The van der Waals surface area contributed by atoms with Gasteiger partial charge in [-0.15, -0.1) is 0 Å². The summed E-state index contributed by atoms with van der Waals surface area (Å²) in [6.45, 7) is 0.168. The lowest BCUT2D eigenvalue weighted by atomic mass is 10.1. The quantitative estimate of drug-likeness (QED) is 0.856. The molecule has 0 saturated carbocycles. The Hall–Kier alpha value is -2.95. The molecule has 5 heteroatoms. The standard InChI is InChI=1S/C16H11NO4/c18-14-11-6-2-1-5-10(11)9-17(14)15(19)12-7-3-4-8-13(12)16(20)21/h1-8H,9H2,(H,20,21). The van der Waals surface area contributed by atoms with Crippen molar-refractivity contribution in [3.63, 3.8) is 0 Å². The summed E-state index contributed by atoms with van der Waals surface area (Å²) in [6.07, 6.45) is 0. The summed E-state index contributed by atoms with van der Waals surface area (Å²) in [5.74, 6) is -2.17. The third-order valence-electron chi connectivity index (χ3n) is 3.45. The molecule has 0 radical (unpaired) electrons. The molecule has 0 aromatic heterocycles. The summed E-state index contributed by atoms with van der Waals surface area (Å²) in [6, 6.07) is 12.9. The lowest BCUT2D eigenvalue weighted by Crippen LogP contribution is -2.32. The molecular formula is C16H11NO4. The minimum absolute atomic E-state index is 0.0196. The SMILES string of the molecule is O=C(O)c1ccccc1C(=O)N1Cc2ccccc2C1=O. The highest BCUT2D eigenvalue weighted by Crippen LogP contribution is 2.25. The van der Waals surface area contributed by atoms with Gasteiger partial charge in [-0.1, -0.05) is 30.3 Å². The first kappa shape index (κ1) is 13.1. The van der Waals surface area contributed by atoms with Gasteiger partial charge in [0.05, 0.1) is 17.7 Å². The zero-order valence-corrected chi connectivity index (χ0v) is 10.9. The Bertz CT molecular complexity index is 766. The third kappa shape index (κ3) is 2.08. The number of nitrogens with zero attached hydrogens (tertiary/aromatic N) is 1. The van der Waals surface area contributed by atoms with E-state index in [0.29, 0.717) is 5.56 Å². The van der Waals surface area contributed by atoms with Gasteiger partial charge in [-0.3, -0.25) is 14.5 Å². The van der Waals surface area contributed by atoms with Crippen LogP contribution in [0.15, 0.2) is 48.5 Å². The van der Waals surface area contributed by atoms with Crippen LogP contribution in [0.4, 0.5) is 0 Å². The Labute approximate surface area is 120 Å². The number of fused-ring (bicyclic) bond motifs is 1. The molecule has 3 rings (SSSR count). The molecule has 0 atom stereocenters. The van der Waals surface area contributed by atoms with Crippen molar-refractivity contribution in [2.24, 2.45) is 0 Å². The van der Waals surface area contributed by atoms with E-state index in [2.05, 4.69) is 0 Å². The predicted molar refractivity (Wildman–Crippen MR) is 74.0 cm³/mol. The summed E-state index contributed by atoms with van der Waals surface area (Å²) in [5.41, 5.74) is 1.17. The van der Waals surface area contributed by atoms with Gasteiger partial charge in [0, 0.05) is 5.56 Å². The minimum atomic E-state index is -1.19.